The third-order valence-electron chi connectivity index (χ3n) is 6.28. The van der Waals surface area contributed by atoms with Crippen molar-refractivity contribution in [2.24, 2.45) is 5.41 Å². The number of hydrogen-bond donors (Lipinski definition) is 2. The highest BCUT2D eigenvalue weighted by molar-refractivity contribution is 5.77. The van der Waals surface area contributed by atoms with Gasteiger partial charge in [-0.15, -0.1) is 0 Å². The second kappa shape index (κ2) is 15.2. The second-order valence-electron chi connectivity index (χ2n) is 8.87. The van der Waals surface area contributed by atoms with Crippen molar-refractivity contribution in [1.29, 1.82) is 0 Å². The molecule has 0 heterocycles. The lowest BCUT2D eigenvalue weighted by Crippen LogP contribution is -2.52. The van der Waals surface area contributed by atoms with Gasteiger partial charge >= 0.3 is 24.2 Å². The van der Waals surface area contributed by atoms with E-state index in [9.17, 15) is 24.3 Å². The topological polar surface area (TPSA) is 146 Å². The lowest BCUT2D eigenvalue weighted by atomic mass is 9.73. The van der Waals surface area contributed by atoms with Gasteiger partial charge in [0.2, 0.25) is 0 Å². The van der Waals surface area contributed by atoms with Gasteiger partial charge in [0.1, 0.15) is 30.8 Å². The lowest BCUT2D eigenvalue weighted by Gasteiger charge is -2.38. The number of aliphatic carboxylic acids is 2. The third-order valence-corrected chi connectivity index (χ3v) is 6.28. The molecule has 2 aromatic rings. The molecule has 0 aromatic heterocycles. The Morgan fingerprint density at radius 1 is 0.711 bits per heavy atom. The van der Waals surface area contributed by atoms with Crippen LogP contribution in [0.1, 0.15) is 57.1 Å². The van der Waals surface area contributed by atoms with Crippen LogP contribution >= 0.6 is 0 Å². The summed E-state index contributed by atoms with van der Waals surface area (Å²) in [4.78, 5) is 48.3. The fourth-order valence-electron chi connectivity index (χ4n) is 4.06. The fraction of sp³-hybridized carbons (Fsp3) is 0.429. The molecule has 2 unspecified atom stereocenters. The number of carbonyl (C=O) groups excluding carboxylic acids is 2. The zero-order valence-electron chi connectivity index (χ0n) is 21.5. The largest absolute Gasteiger partial charge is 0.508 e. The number of hydrogen-bond acceptors (Lipinski definition) is 8. The molecule has 0 saturated heterocycles. The van der Waals surface area contributed by atoms with Gasteiger partial charge in [0.15, 0.2) is 0 Å². The van der Waals surface area contributed by atoms with Crippen molar-refractivity contribution < 1.29 is 48.3 Å². The van der Waals surface area contributed by atoms with Crippen LogP contribution in [-0.2, 0) is 41.8 Å². The minimum atomic E-state index is -1.85. The highest BCUT2D eigenvalue weighted by Crippen LogP contribution is 2.38. The van der Waals surface area contributed by atoms with Gasteiger partial charge in [-0.2, -0.15) is 0 Å². The Labute approximate surface area is 221 Å². The molecule has 0 spiro atoms. The molecule has 0 fully saturated rings. The number of unbranched alkanes of at least 4 members (excludes halogenated alkanes) is 2. The predicted octanol–water partition coefficient (Wildman–Crippen LogP) is 5.58. The average Bonchev–Trinajstić information content (AvgIpc) is 2.89. The number of benzene rings is 2. The molecule has 0 bridgehead atoms. The number of carboxylic acid groups (broad SMARTS) is 2. The zero-order valence-corrected chi connectivity index (χ0v) is 21.5. The second-order valence-corrected chi connectivity index (χ2v) is 8.87. The van der Waals surface area contributed by atoms with E-state index in [0.717, 1.165) is 11.1 Å². The summed E-state index contributed by atoms with van der Waals surface area (Å²) in [5, 5.41) is 19.2. The maximum absolute atomic E-state index is 12.6. The first-order valence-electron chi connectivity index (χ1n) is 12.3. The quantitative estimate of drug-likeness (QED) is 0.221. The van der Waals surface area contributed by atoms with Crippen molar-refractivity contribution in [2.45, 2.75) is 71.4 Å². The molecule has 206 valence electrons. The van der Waals surface area contributed by atoms with Crippen LogP contribution in [0.15, 0.2) is 60.7 Å². The van der Waals surface area contributed by atoms with Crippen LogP contribution in [0.2, 0.25) is 0 Å². The van der Waals surface area contributed by atoms with Crippen molar-refractivity contribution >= 4 is 24.2 Å². The molecule has 2 N–H and O–H groups in total. The normalized spacial score (nSPS) is 13.8. The summed E-state index contributed by atoms with van der Waals surface area (Å²) in [6, 6.07) is 17.8. The summed E-state index contributed by atoms with van der Waals surface area (Å²) >= 11 is 0. The van der Waals surface area contributed by atoms with E-state index < -0.39 is 41.9 Å². The maximum atomic E-state index is 12.6. The number of carboxylic acids is 2. The first-order valence-corrected chi connectivity index (χ1v) is 12.3. The minimum Gasteiger partial charge on any atom is -0.481 e. The molecule has 0 amide bonds. The van der Waals surface area contributed by atoms with Crippen molar-refractivity contribution in [3.05, 3.63) is 71.8 Å². The summed E-state index contributed by atoms with van der Waals surface area (Å²) in [6.07, 6.45) is -3.74. The molecule has 2 rings (SSSR count). The Kier molecular flexibility index (Phi) is 12.1. The highest BCUT2D eigenvalue weighted by Gasteiger charge is 2.52. The Balaban J connectivity index is 2.11. The fourth-order valence-corrected chi connectivity index (χ4v) is 4.06. The molecule has 2 atom stereocenters. The molecule has 0 aliphatic carbocycles. The standard InChI is InChI=1S/C28H34O10/c1-20(37-26(33)35-18-22-12-6-3-7-13-22)28(25(31)32,17-11-5-10-16-24(29)30)21(2)38-27(34)36-19-23-14-8-4-9-15-23/h3-4,6-9,12-15,20-21H,5,10-11,16-19H2,1-2H3,(H,29,30)(H,31,32). The molecule has 0 aliphatic heterocycles. The maximum Gasteiger partial charge on any atom is 0.508 e. The van der Waals surface area contributed by atoms with Gasteiger partial charge in [-0.3, -0.25) is 9.59 Å². The van der Waals surface area contributed by atoms with E-state index in [4.69, 9.17) is 24.1 Å². The molecule has 0 saturated carbocycles. The van der Waals surface area contributed by atoms with Crippen LogP contribution in [0.5, 0.6) is 0 Å². The molecule has 0 aliphatic rings. The molecule has 10 nitrogen and oxygen atoms in total. The molecular formula is C28H34O10. The number of rotatable bonds is 15. The molecular weight excluding hydrogens is 496 g/mol. The van der Waals surface area contributed by atoms with Gasteiger partial charge < -0.3 is 29.2 Å². The van der Waals surface area contributed by atoms with Crippen molar-refractivity contribution in [1.82, 2.24) is 0 Å². The monoisotopic (exact) mass is 530 g/mol. The van der Waals surface area contributed by atoms with Crippen LogP contribution in [0.4, 0.5) is 9.59 Å². The van der Waals surface area contributed by atoms with E-state index in [1.54, 1.807) is 48.5 Å². The van der Waals surface area contributed by atoms with Gasteiger partial charge in [-0.25, -0.2) is 9.59 Å². The smallest absolute Gasteiger partial charge is 0.481 e. The van der Waals surface area contributed by atoms with Gasteiger partial charge in [0.25, 0.3) is 0 Å². The Morgan fingerprint density at radius 3 is 1.55 bits per heavy atom. The van der Waals surface area contributed by atoms with Crippen molar-refractivity contribution in [2.75, 3.05) is 0 Å². The summed E-state index contributed by atoms with van der Waals surface area (Å²) in [7, 11) is 0. The average molecular weight is 531 g/mol. The Bertz CT molecular complexity index is 975. The van der Waals surface area contributed by atoms with Crippen LogP contribution in [0, 0.1) is 5.41 Å². The van der Waals surface area contributed by atoms with E-state index in [1.807, 2.05) is 12.1 Å². The first kappa shape index (κ1) is 30.1. The van der Waals surface area contributed by atoms with Gasteiger partial charge in [-0.05, 0) is 37.8 Å². The Morgan fingerprint density at radius 2 is 1.16 bits per heavy atom. The number of ether oxygens (including phenoxy) is 4. The Hall–Kier alpha value is -4.08. The van der Waals surface area contributed by atoms with E-state index in [0.29, 0.717) is 19.3 Å². The van der Waals surface area contributed by atoms with Gasteiger partial charge in [-0.1, -0.05) is 73.5 Å². The molecule has 0 radical (unpaired) electrons. The molecule has 2 aromatic carbocycles. The zero-order chi connectivity index (χ0) is 28.0. The van der Waals surface area contributed by atoms with Crippen LogP contribution in [-0.4, -0.2) is 46.7 Å². The summed E-state index contributed by atoms with van der Waals surface area (Å²) < 4.78 is 21.0. The van der Waals surface area contributed by atoms with E-state index in [2.05, 4.69) is 0 Å². The van der Waals surface area contributed by atoms with Crippen LogP contribution in [0.3, 0.4) is 0 Å². The third kappa shape index (κ3) is 9.42. The van der Waals surface area contributed by atoms with Gasteiger partial charge in [0, 0.05) is 6.42 Å². The van der Waals surface area contributed by atoms with Crippen LogP contribution < -0.4 is 0 Å². The first-order chi connectivity index (χ1) is 18.1. The minimum absolute atomic E-state index is 0.0534. The van der Waals surface area contributed by atoms with Gasteiger partial charge in [0.05, 0.1) is 0 Å². The number of carbonyl (C=O) groups is 4. The highest BCUT2D eigenvalue weighted by atomic mass is 16.7. The summed E-state index contributed by atoms with van der Waals surface area (Å²) in [5.41, 5.74) is -0.406. The lowest BCUT2D eigenvalue weighted by molar-refractivity contribution is -0.171. The van der Waals surface area contributed by atoms with Crippen molar-refractivity contribution in [3.8, 4) is 0 Å². The van der Waals surface area contributed by atoms with E-state index >= 15 is 0 Å². The van der Waals surface area contributed by atoms with Crippen LogP contribution in [0.25, 0.3) is 0 Å². The summed E-state index contributed by atoms with van der Waals surface area (Å²) in [5.74, 6) is -2.30. The molecule has 38 heavy (non-hydrogen) atoms. The van der Waals surface area contributed by atoms with Crippen molar-refractivity contribution in [3.63, 3.8) is 0 Å². The van der Waals surface area contributed by atoms with E-state index in [-0.39, 0.29) is 26.1 Å². The van der Waals surface area contributed by atoms with E-state index in [1.165, 1.54) is 13.8 Å². The summed E-state index contributed by atoms with van der Waals surface area (Å²) in [6.45, 7) is 2.65. The molecule has 10 heteroatoms. The SMILES string of the molecule is CC(OC(=O)OCc1ccccc1)C(CCCCCC(=O)O)(C(=O)O)C(C)OC(=O)OCc1ccccc1. The predicted molar refractivity (Wildman–Crippen MR) is 135 cm³/mol.